The number of aliphatic hydroxyl groups excluding tert-OH is 1. The molecule has 4 nitrogen and oxygen atoms in total. The number of aliphatic hydroxyl groups is 1. The van der Waals surface area contributed by atoms with Crippen molar-refractivity contribution in [3.05, 3.63) is 60.2 Å². The number of carbonyl (C=O) groups is 1. The quantitative estimate of drug-likeness (QED) is 0.857. The molecule has 110 valence electrons. The summed E-state index contributed by atoms with van der Waals surface area (Å²) in [5.74, 6) is 0.393. The Kier molecular flexibility index (Phi) is 5.35. The predicted octanol–water partition coefficient (Wildman–Crippen LogP) is 3.15. The van der Waals surface area contributed by atoms with Crippen molar-refractivity contribution in [3.8, 4) is 5.75 Å². The van der Waals surface area contributed by atoms with Crippen molar-refractivity contribution in [2.24, 2.45) is 0 Å². The number of rotatable bonds is 6. The molecule has 2 N–H and O–H groups in total. The summed E-state index contributed by atoms with van der Waals surface area (Å²) in [5, 5.41) is 12.4. The van der Waals surface area contributed by atoms with Gasteiger partial charge < -0.3 is 15.2 Å². The second-order valence-electron chi connectivity index (χ2n) is 4.70. The summed E-state index contributed by atoms with van der Waals surface area (Å²) in [7, 11) is 0. The van der Waals surface area contributed by atoms with Crippen LogP contribution in [0.2, 0.25) is 0 Å². The lowest BCUT2D eigenvalue weighted by Gasteiger charge is -2.10. The lowest BCUT2D eigenvalue weighted by Crippen LogP contribution is -2.20. The minimum atomic E-state index is -0.458. The van der Waals surface area contributed by atoms with Gasteiger partial charge in [-0.15, -0.1) is 0 Å². The average molecular weight is 285 g/mol. The van der Waals surface area contributed by atoms with E-state index in [9.17, 15) is 9.90 Å². The Balaban J connectivity index is 1.84. The fourth-order valence-corrected chi connectivity index (χ4v) is 1.89. The van der Waals surface area contributed by atoms with E-state index in [1.54, 1.807) is 24.3 Å². The first-order chi connectivity index (χ1) is 10.2. The Morgan fingerprint density at radius 2 is 1.81 bits per heavy atom. The number of hydrogen-bond acceptors (Lipinski definition) is 3. The number of carbonyl (C=O) groups excluding carboxylic acids is 1. The van der Waals surface area contributed by atoms with Crippen molar-refractivity contribution in [1.29, 1.82) is 0 Å². The van der Waals surface area contributed by atoms with Crippen LogP contribution in [-0.4, -0.2) is 17.6 Å². The topological polar surface area (TPSA) is 58.6 Å². The van der Waals surface area contributed by atoms with Crippen molar-refractivity contribution in [2.45, 2.75) is 19.4 Å². The molecule has 0 aliphatic heterocycles. The maximum atomic E-state index is 11.7. The number of benzene rings is 2. The molecule has 0 heterocycles. The SMILES string of the molecule is CC[C@@H](O)c1ccc(OCC(=O)Nc2ccccc2)cc1. The van der Waals surface area contributed by atoms with Crippen LogP contribution in [0.15, 0.2) is 54.6 Å². The molecule has 0 radical (unpaired) electrons. The normalized spacial score (nSPS) is 11.7. The van der Waals surface area contributed by atoms with Crippen molar-refractivity contribution in [1.82, 2.24) is 0 Å². The molecule has 0 bridgehead atoms. The highest BCUT2D eigenvalue weighted by molar-refractivity contribution is 5.91. The summed E-state index contributed by atoms with van der Waals surface area (Å²) in [6.45, 7) is 1.87. The van der Waals surface area contributed by atoms with Gasteiger partial charge in [-0.25, -0.2) is 0 Å². The average Bonchev–Trinajstić information content (AvgIpc) is 2.53. The van der Waals surface area contributed by atoms with E-state index in [1.165, 1.54) is 0 Å². The van der Waals surface area contributed by atoms with Crippen LogP contribution < -0.4 is 10.1 Å². The van der Waals surface area contributed by atoms with E-state index in [2.05, 4.69) is 5.32 Å². The molecule has 21 heavy (non-hydrogen) atoms. The van der Waals surface area contributed by atoms with Gasteiger partial charge in [0.05, 0.1) is 6.10 Å². The second-order valence-corrected chi connectivity index (χ2v) is 4.70. The number of ether oxygens (including phenoxy) is 1. The van der Waals surface area contributed by atoms with E-state index in [-0.39, 0.29) is 12.5 Å². The van der Waals surface area contributed by atoms with Crippen molar-refractivity contribution < 1.29 is 14.6 Å². The highest BCUT2D eigenvalue weighted by Crippen LogP contribution is 2.19. The smallest absolute Gasteiger partial charge is 0.262 e. The Hall–Kier alpha value is -2.33. The summed E-state index contributed by atoms with van der Waals surface area (Å²) >= 11 is 0. The van der Waals surface area contributed by atoms with Crippen LogP contribution in [0.4, 0.5) is 5.69 Å². The zero-order chi connectivity index (χ0) is 15.1. The molecule has 1 atom stereocenters. The van der Waals surface area contributed by atoms with Gasteiger partial charge in [-0.1, -0.05) is 37.3 Å². The zero-order valence-electron chi connectivity index (χ0n) is 12.0. The summed E-state index contributed by atoms with van der Waals surface area (Å²) in [4.78, 5) is 11.7. The molecule has 2 aromatic carbocycles. The third-order valence-electron chi connectivity index (χ3n) is 3.08. The largest absolute Gasteiger partial charge is 0.484 e. The van der Waals surface area contributed by atoms with Crippen LogP contribution in [0, 0.1) is 0 Å². The highest BCUT2D eigenvalue weighted by Gasteiger charge is 2.06. The number of para-hydroxylation sites is 1. The standard InChI is InChI=1S/C17H19NO3/c1-2-16(19)13-8-10-15(11-9-13)21-12-17(20)18-14-6-4-3-5-7-14/h3-11,16,19H,2,12H2,1H3,(H,18,20)/t16-/m1/s1. The summed E-state index contributed by atoms with van der Waals surface area (Å²) in [6, 6.07) is 16.4. The zero-order valence-corrected chi connectivity index (χ0v) is 12.0. The summed E-state index contributed by atoms with van der Waals surface area (Å²) in [6.07, 6.45) is 0.208. The van der Waals surface area contributed by atoms with Gasteiger partial charge >= 0.3 is 0 Å². The van der Waals surface area contributed by atoms with Gasteiger partial charge in [0.1, 0.15) is 5.75 Å². The van der Waals surface area contributed by atoms with Gasteiger partial charge in [0.15, 0.2) is 6.61 Å². The number of nitrogens with one attached hydrogen (secondary N) is 1. The Bertz CT molecular complexity index is 566. The van der Waals surface area contributed by atoms with Gasteiger partial charge in [0, 0.05) is 5.69 Å². The van der Waals surface area contributed by atoms with Crippen molar-refractivity contribution in [2.75, 3.05) is 11.9 Å². The Morgan fingerprint density at radius 3 is 2.43 bits per heavy atom. The molecule has 0 unspecified atom stereocenters. The first kappa shape index (κ1) is 15.1. The minimum absolute atomic E-state index is 0.0510. The third kappa shape index (κ3) is 4.61. The van der Waals surface area contributed by atoms with Gasteiger partial charge in [-0.2, -0.15) is 0 Å². The molecular formula is C17H19NO3. The van der Waals surface area contributed by atoms with E-state index < -0.39 is 6.10 Å². The molecule has 0 aliphatic carbocycles. The maximum absolute atomic E-state index is 11.7. The highest BCUT2D eigenvalue weighted by atomic mass is 16.5. The molecule has 1 amide bonds. The van der Waals surface area contributed by atoms with Gasteiger partial charge in [0.25, 0.3) is 5.91 Å². The molecule has 2 aromatic rings. The van der Waals surface area contributed by atoms with Crippen molar-refractivity contribution >= 4 is 11.6 Å². The summed E-state index contributed by atoms with van der Waals surface area (Å²) < 4.78 is 5.41. The van der Waals surface area contributed by atoms with Crippen LogP contribution in [0.3, 0.4) is 0 Å². The molecule has 0 spiro atoms. The van der Waals surface area contributed by atoms with E-state index in [1.807, 2.05) is 37.3 Å². The van der Waals surface area contributed by atoms with Gasteiger partial charge in [0.2, 0.25) is 0 Å². The maximum Gasteiger partial charge on any atom is 0.262 e. The lowest BCUT2D eigenvalue weighted by molar-refractivity contribution is -0.118. The van der Waals surface area contributed by atoms with E-state index in [0.29, 0.717) is 12.2 Å². The first-order valence-corrected chi connectivity index (χ1v) is 6.94. The minimum Gasteiger partial charge on any atom is -0.484 e. The molecule has 2 rings (SSSR count). The fourth-order valence-electron chi connectivity index (χ4n) is 1.89. The van der Waals surface area contributed by atoms with Crippen LogP contribution >= 0.6 is 0 Å². The van der Waals surface area contributed by atoms with Crippen LogP contribution in [0.25, 0.3) is 0 Å². The predicted molar refractivity (Wildman–Crippen MR) is 82.3 cm³/mol. The third-order valence-corrected chi connectivity index (χ3v) is 3.08. The molecule has 0 saturated heterocycles. The van der Waals surface area contributed by atoms with Crippen LogP contribution in [0.5, 0.6) is 5.75 Å². The van der Waals surface area contributed by atoms with E-state index in [4.69, 9.17) is 4.74 Å². The molecule has 0 aromatic heterocycles. The monoisotopic (exact) mass is 285 g/mol. The molecule has 4 heteroatoms. The Morgan fingerprint density at radius 1 is 1.14 bits per heavy atom. The fraction of sp³-hybridized carbons (Fsp3) is 0.235. The molecule has 0 aliphatic rings. The molecule has 0 saturated carbocycles. The first-order valence-electron chi connectivity index (χ1n) is 6.94. The van der Waals surface area contributed by atoms with E-state index >= 15 is 0 Å². The summed E-state index contributed by atoms with van der Waals surface area (Å²) in [5.41, 5.74) is 1.59. The number of amides is 1. The molecular weight excluding hydrogens is 266 g/mol. The van der Waals surface area contributed by atoms with Crippen LogP contribution in [0.1, 0.15) is 25.0 Å². The lowest BCUT2D eigenvalue weighted by atomic mass is 10.1. The van der Waals surface area contributed by atoms with Gasteiger partial charge in [-0.3, -0.25) is 4.79 Å². The van der Waals surface area contributed by atoms with Gasteiger partial charge in [-0.05, 0) is 36.2 Å². The molecule has 0 fully saturated rings. The Labute approximate surface area is 124 Å². The van der Waals surface area contributed by atoms with Crippen LogP contribution in [-0.2, 0) is 4.79 Å². The number of hydrogen-bond donors (Lipinski definition) is 2. The van der Waals surface area contributed by atoms with E-state index in [0.717, 1.165) is 11.3 Å². The second kappa shape index (κ2) is 7.45. The number of anilines is 1. The van der Waals surface area contributed by atoms with Crippen molar-refractivity contribution in [3.63, 3.8) is 0 Å².